The van der Waals surface area contributed by atoms with E-state index in [1.807, 2.05) is 24.3 Å². The number of Topliss-reactive ketones (excluding diaryl/α,β-unsaturated/α-hetero) is 1. The molecule has 254 valence electrons. The summed E-state index contributed by atoms with van der Waals surface area (Å²) in [5, 5.41) is 4.69. The van der Waals surface area contributed by atoms with Crippen LogP contribution in [0.4, 0.5) is 18.9 Å². The molecule has 1 saturated heterocycles. The van der Waals surface area contributed by atoms with Gasteiger partial charge in [0.15, 0.2) is 11.6 Å². The molecule has 2 aliphatic rings. The fraction of sp³-hybridized carbons (Fsp3) is 0.371. The first kappa shape index (κ1) is 35.4. The van der Waals surface area contributed by atoms with Crippen LogP contribution < -0.4 is 10.6 Å². The van der Waals surface area contributed by atoms with Crippen LogP contribution >= 0.6 is 23.2 Å². The topological polar surface area (TPSA) is 98.8 Å². The predicted molar refractivity (Wildman–Crippen MR) is 177 cm³/mol. The van der Waals surface area contributed by atoms with Crippen LogP contribution in [0.25, 0.3) is 0 Å². The number of fused-ring (bicyclic) bond motifs is 1. The van der Waals surface area contributed by atoms with Gasteiger partial charge in [-0.25, -0.2) is 13.2 Å². The molecule has 0 spiro atoms. The second kappa shape index (κ2) is 15.5. The molecule has 2 atom stereocenters. The SMILES string of the molecule is O=C(CCC(=O)N1Cc2ccccc2C[C@H]1C(=O)N[C@@H](CCN1CCCC(F)(F)C1)C(=O)Nc1ccc(Cl)c(Cl)c1F)c1ccccc1. The third kappa shape index (κ3) is 8.75. The quantitative estimate of drug-likeness (QED) is 0.181. The Balaban J connectivity index is 1.35. The Hall–Kier alpha value is -3.93. The summed E-state index contributed by atoms with van der Waals surface area (Å²) in [6.45, 7) is 0.0686. The second-order valence-corrected chi connectivity index (χ2v) is 12.9. The Bertz CT molecular complexity index is 1680. The van der Waals surface area contributed by atoms with Gasteiger partial charge in [0, 0.05) is 44.3 Å². The normalized spacial score (nSPS) is 18.0. The number of carbonyl (C=O) groups is 4. The highest BCUT2D eigenvalue weighted by Gasteiger charge is 2.38. The van der Waals surface area contributed by atoms with Crippen LogP contribution in [0, 0.1) is 5.82 Å². The number of halogens is 5. The van der Waals surface area contributed by atoms with E-state index in [0.29, 0.717) is 12.1 Å². The molecule has 2 heterocycles. The summed E-state index contributed by atoms with van der Waals surface area (Å²) in [6.07, 6.45) is -0.0753. The molecule has 13 heteroatoms. The first-order valence-corrected chi connectivity index (χ1v) is 16.5. The second-order valence-electron chi connectivity index (χ2n) is 12.1. The number of hydrogen-bond donors (Lipinski definition) is 2. The van der Waals surface area contributed by atoms with E-state index in [4.69, 9.17) is 23.2 Å². The third-order valence-corrected chi connectivity index (χ3v) is 9.45. The fourth-order valence-corrected chi connectivity index (χ4v) is 6.39. The Morgan fingerprint density at radius 1 is 0.938 bits per heavy atom. The number of nitrogens with one attached hydrogen (secondary N) is 2. The number of ketones is 1. The number of nitrogens with zero attached hydrogens (tertiary/aromatic N) is 2. The molecule has 3 aromatic rings. The predicted octanol–water partition coefficient (Wildman–Crippen LogP) is 6.29. The monoisotopic (exact) mass is 702 g/mol. The van der Waals surface area contributed by atoms with E-state index >= 15 is 0 Å². The average molecular weight is 704 g/mol. The van der Waals surface area contributed by atoms with Crippen molar-refractivity contribution in [2.45, 2.75) is 63.1 Å². The van der Waals surface area contributed by atoms with Gasteiger partial charge in [0.25, 0.3) is 5.92 Å². The van der Waals surface area contributed by atoms with E-state index in [1.54, 1.807) is 30.3 Å². The molecule has 3 amide bonds. The van der Waals surface area contributed by atoms with Gasteiger partial charge in [0.05, 0.1) is 22.3 Å². The molecule has 0 aliphatic carbocycles. The van der Waals surface area contributed by atoms with Crippen molar-refractivity contribution in [3.05, 3.63) is 99.3 Å². The minimum atomic E-state index is -2.87. The number of benzene rings is 3. The molecule has 48 heavy (non-hydrogen) atoms. The molecule has 3 aromatic carbocycles. The number of likely N-dealkylation sites (tertiary alicyclic amines) is 1. The Labute approximate surface area is 286 Å². The van der Waals surface area contributed by atoms with Crippen molar-refractivity contribution in [3.63, 3.8) is 0 Å². The van der Waals surface area contributed by atoms with E-state index in [9.17, 15) is 32.3 Å². The van der Waals surface area contributed by atoms with Gasteiger partial charge in [-0.3, -0.25) is 24.1 Å². The molecule has 5 rings (SSSR count). The maximum Gasteiger partial charge on any atom is 0.260 e. The van der Waals surface area contributed by atoms with Crippen LogP contribution in [0.15, 0.2) is 66.7 Å². The van der Waals surface area contributed by atoms with Gasteiger partial charge < -0.3 is 15.5 Å². The van der Waals surface area contributed by atoms with Gasteiger partial charge in [-0.05, 0) is 42.6 Å². The summed E-state index contributed by atoms with van der Waals surface area (Å²) in [4.78, 5) is 56.8. The zero-order valence-electron chi connectivity index (χ0n) is 26.0. The molecule has 0 saturated carbocycles. The lowest BCUT2D eigenvalue weighted by molar-refractivity contribution is -0.142. The minimum Gasteiger partial charge on any atom is -0.342 e. The molecule has 1 fully saturated rings. The van der Waals surface area contributed by atoms with Crippen molar-refractivity contribution < 1.29 is 32.3 Å². The van der Waals surface area contributed by atoms with Crippen molar-refractivity contribution in [1.82, 2.24) is 15.1 Å². The van der Waals surface area contributed by atoms with Crippen LogP contribution in [0.3, 0.4) is 0 Å². The number of carbonyl (C=O) groups excluding carboxylic acids is 4. The summed E-state index contributed by atoms with van der Waals surface area (Å²) < 4.78 is 43.1. The summed E-state index contributed by atoms with van der Waals surface area (Å²) in [5.41, 5.74) is 1.89. The third-order valence-electron chi connectivity index (χ3n) is 8.67. The largest absolute Gasteiger partial charge is 0.342 e. The number of hydrogen-bond acceptors (Lipinski definition) is 5. The lowest BCUT2D eigenvalue weighted by atomic mass is 9.92. The van der Waals surface area contributed by atoms with Gasteiger partial charge in [-0.15, -0.1) is 0 Å². The number of rotatable bonds is 11. The lowest BCUT2D eigenvalue weighted by Crippen LogP contribution is -2.56. The fourth-order valence-electron chi connectivity index (χ4n) is 6.08. The van der Waals surface area contributed by atoms with Crippen LogP contribution in [0.2, 0.25) is 10.0 Å². The van der Waals surface area contributed by atoms with Gasteiger partial charge in [0.2, 0.25) is 17.7 Å². The highest BCUT2D eigenvalue weighted by molar-refractivity contribution is 6.42. The summed E-state index contributed by atoms with van der Waals surface area (Å²) in [5.74, 6) is -5.91. The molecule has 0 bridgehead atoms. The standard InChI is InChI=1S/C35H35Cl2F3N4O4/c36-25-11-12-26(32(38)31(25)37)41-33(47)27(15-18-43-17-6-16-35(39,40)21-43)42-34(48)28-19-23-9-4-5-10-24(23)20-44(28)30(46)14-13-29(45)22-7-2-1-3-8-22/h1-5,7-12,27-28H,6,13-21H2,(H,41,47)(H,42,48)/t27-,28-/m0/s1. The maximum absolute atomic E-state index is 14.8. The molecular weight excluding hydrogens is 668 g/mol. The van der Waals surface area contributed by atoms with Crippen LogP contribution in [-0.2, 0) is 27.3 Å². The number of alkyl halides is 2. The van der Waals surface area contributed by atoms with Crippen LogP contribution in [0.5, 0.6) is 0 Å². The van der Waals surface area contributed by atoms with Crippen molar-refractivity contribution in [1.29, 1.82) is 0 Å². The number of amides is 3. The Morgan fingerprint density at radius 3 is 2.38 bits per heavy atom. The zero-order valence-corrected chi connectivity index (χ0v) is 27.5. The maximum atomic E-state index is 14.8. The van der Waals surface area contributed by atoms with Crippen LogP contribution in [0.1, 0.15) is 53.6 Å². The average Bonchev–Trinajstić information content (AvgIpc) is 3.08. The zero-order chi connectivity index (χ0) is 34.4. The van der Waals surface area contributed by atoms with Gasteiger partial charge in [-0.1, -0.05) is 77.8 Å². The Morgan fingerprint density at radius 2 is 1.65 bits per heavy atom. The first-order valence-electron chi connectivity index (χ1n) is 15.7. The Kier molecular flexibility index (Phi) is 11.4. The van der Waals surface area contributed by atoms with Gasteiger partial charge in [0.1, 0.15) is 12.1 Å². The van der Waals surface area contributed by atoms with Crippen molar-refractivity contribution in [2.75, 3.05) is 25.0 Å². The molecule has 0 radical (unpaired) electrons. The highest BCUT2D eigenvalue weighted by atomic mass is 35.5. The van der Waals surface area contributed by atoms with Crippen molar-refractivity contribution in [2.24, 2.45) is 0 Å². The molecular formula is C35H35Cl2F3N4O4. The minimum absolute atomic E-state index is 0.0511. The van der Waals surface area contributed by atoms with Crippen LogP contribution in [-0.4, -0.2) is 70.9 Å². The van der Waals surface area contributed by atoms with E-state index in [-0.39, 0.29) is 68.1 Å². The molecule has 2 N–H and O–H groups in total. The van der Waals surface area contributed by atoms with Crippen molar-refractivity contribution >= 4 is 52.4 Å². The van der Waals surface area contributed by atoms with Crippen molar-refractivity contribution in [3.8, 4) is 0 Å². The highest BCUT2D eigenvalue weighted by Crippen LogP contribution is 2.31. The smallest absolute Gasteiger partial charge is 0.260 e. The van der Waals surface area contributed by atoms with E-state index in [1.165, 1.54) is 21.9 Å². The lowest BCUT2D eigenvalue weighted by Gasteiger charge is -2.37. The summed E-state index contributed by atoms with van der Waals surface area (Å²) in [6, 6.07) is 16.1. The molecule has 8 nitrogen and oxygen atoms in total. The van der Waals surface area contributed by atoms with Gasteiger partial charge in [-0.2, -0.15) is 0 Å². The number of piperidine rings is 1. The van der Waals surface area contributed by atoms with E-state index < -0.39 is 53.1 Å². The molecule has 0 aromatic heterocycles. The van der Waals surface area contributed by atoms with E-state index in [0.717, 1.165) is 11.1 Å². The molecule has 0 unspecified atom stereocenters. The summed E-state index contributed by atoms with van der Waals surface area (Å²) >= 11 is 11.8. The molecule has 2 aliphatic heterocycles. The number of anilines is 1. The van der Waals surface area contributed by atoms with E-state index in [2.05, 4.69) is 10.6 Å². The van der Waals surface area contributed by atoms with Gasteiger partial charge >= 0.3 is 0 Å². The summed E-state index contributed by atoms with van der Waals surface area (Å²) in [7, 11) is 0. The first-order chi connectivity index (χ1) is 22.9.